The van der Waals surface area contributed by atoms with Crippen LogP contribution in [0.2, 0.25) is 0 Å². The van der Waals surface area contributed by atoms with Gasteiger partial charge in [0.15, 0.2) is 0 Å². The number of hydrogen-bond donors (Lipinski definition) is 4. The van der Waals surface area contributed by atoms with Gasteiger partial charge in [-0.2, -0.15) is 0 Å². The summed E-state index contributed by atoms with van der Waals surface area (Å²) in [5.74, 6) is -6.35. The molecule has 0 saturated heterocycles. The number of nitrogens with zero attached hydrogens (tertiary/aromatic N) is 2. The highest BCUT2D eigenvalue weighted by Crippen LogP contribution is 2.39. The van der Waals surface area contributed by atoms with Crippen molar-refractivity contribution < 1.29 is 58.7 Å². The van der Waals surface area contributed by atoms with E-state index >= 15 is 0 Å². The van der Waals surface area contributed by atoms with E-state index in [0.717, 1.165) is 0 Å². The first-order valence-corrected chi connectivity index (χ1v) is 14.3. The summed E-state index contributed by atoms with van der Waals surface area (Å²) in [6.07, 6.45) is 7.78. The summed E-state index contributed by atoms with van der Waals surface area (Å²) in [5, 5.41) is 38.0. The van der Waals surface area contributed by atoms with Crippen LogP contribution in [0.5, 0.6) is 0 Å². The SMILES string of the molecule is COC(=O)c1cn(C(CCC(=O)O)C(=O)O)cc2c(/C=C\c3cc(C)c4c(C(=O)OC)cn(C(CCC(=O)O)C(=O)O)cc3-4)ccc1-2. The van der Waals surface area contributed by atoms with E-state index in [4.69, 9.17) is 19.7 Å². The highest BCUT2D eigenvalue weighted by atomic mass is 16.5. The second-order valence-corrected chi connectivity index (χ2v) is 10.8. The quantitative estimate of drug-likeness (QED) is 0.139. The van der Waals surface area contributed by atoms with Crippen molar-refractivity contribution in [2.45, 2.75) is 44.7 Å². The Morgan fingerprint density at radius 1 is 0.681 bits per heavy atom. The van der Waals surface area contributed by atoms with Crippen LogP contribution in [0, 0.1) is 6.92 Å². The fourth-order valence-corrected chi connectivity index (χ4v) is 5.61. The molecule has 4 aliphatic rings. The summed E-state index contributed by atoms with van der Waals surface area (Å²) in [7, 11) is 2.37. The Morgan fingerprint density at radius 3 is 1.68 bits per heavy atom. The van der Waals surface area contributed by atoms with Crippen LogP contribution in [0.1, 0.15) is 75.2 Å². The number of esters is 2. The van der Waals surface area contributed by atoms with E-state index < -0.39 is 60.7 Å². The number of aliphatic carboxylic acids is 4. The topological polar surface area (TPSA) is 212 Å². The van der Waals surface area contributed by atoms with Gasteiger partial charge in [0, 0.05) is 54.3 Å². The molecule has 0 spiro atoms. The zero-order valence-electron chi connectivity index (χ0n) is 25.6. The number of pyridine rings is 2. The first-order valence-electron chi connectivity index (χ1n) is 14.3. The number of carbonyl (C=O) groups excluding carboxylic acids is 2. The minimum atomic E-state index is -1.29. The van der Waals surface area contributed by atoms with Gasteiger partial charge in [0.1, 0.15) is 12.1 Å². The number of hydrogen-bond acceptors (Lipinski definition) is 8. The molecular formula is C33H32N2O12. The molecule has 0 aromatic rings. The highest BCUT2D eigenvalue weighted by Gasteiger charge is 2.28. The molecule has 14 nitrogen and oxygen atoms in total. The third-order valence-corrected chi connectivity index (χ3v) is 7.86. The Morgan fingerprint density at radius 2 is 1.17 bits per heavy atom. The van der Waals surface area contributed by atoms with Crippen LogP contribution in [0.15, 0.2) is 43.0 Å². The number of carbonyl (C=O) groups is 6. The van der Waals surface area contributed by atoms with Gasteiger partial charge in [-0.25, -0.2) is 19.2 Å². The second kappa shape index (κ2) is 14.0. The van der Waals surface area contributed by atoms with E-state index in [2.05, 4.69) is 0 Å². The maximum atomic E-state index is 12.8. The van der Waals surface area contributed by atoms with E-state index in [9.17, 15) is 39.0 Å². The molecule has 47 heavy (non-hydrogen) atoms. The molecule has 4 rings (SSSR count). The predicted octanol–water partition coefficient (Wildman–Crippen LogP) is 4.53. The van der Waals surface area contributed by atoms with Gasteiger partial charge in [-0.05, 0) is 42.0 Å². The fraction of sp³-hybridized carbons (Fsp3) is 0.273. The van der Waals surface area contributed by atoms with Crippen molar-refractivity contribution >= 4 is 48.0 Å². The summed E-state index contributed by atoms with van der Waals surface area (Å²) in [6, 6.07) is 2.57. The van der Waals surface area contributed by atoms with Gasteiger partial charge in [0.05, 0.1) is 25.3 Å². The van der Waals surface area contributed by atoms with Crippen LogP contribution in [-0.4, -0.2) is 79.6 Å². The van der Waals surface area contributed by atoms with Crippen molar-refractivity contribution in [1.29, 1.82) is 0 Å². The van der Waals surface area contributed by atoms with Gasteiger partial charge < -0.3 is 39.0 Å². The lowest BCUT2D eigenvalue weighted by molar-refractivity contribution is -0.144. The Labute approximate surface area is 267 Å². The molecule has 2 heterocycles. The summed E-state index contributed by atoms with van der Waals surface area (Å²) in [4.78, 5) is 72.1. The largest absolute Gasteiger partial charge is 0.481 e. The van der Waals surface area contributed by atoms with Gasteiger partial charge in [0.25, 0.3) is 0 Å². The maximum Gasteiger partial charge on any atom is 0.339 e. The highest BCUT2D eigenvalue weighted by molar-refractivity contribution is 6.02. The minimum absolute atomic E-state index is 0.0747. The monoisotopic (exact) mass is 648 g/mol. The minimum Gasteiger partial charge on any atom is -0.481 e. The first kappa shape index (κ1) is 34.0. The summed E-state index contributed by atoms with van der Waals surface area (Å²) in [6.45, 7) is 1.77. The van der Waals surface area contributed by atoms with Crippen molar-refractivity contribution in [2.75, 3.05) is 14.2 Å². The van der Waals surface area contributed by atoms with E-state index in [-0.39, 0.29) is 24.0 Å². The van der Waals surface area contributed by atoms with E-state index in [1.54, 1.807) is 37.3 Å². The van der Waals surface area contributed by atoms with Crippen LogP contribution >= 0.6 is 0 Å². The first-order chi connectivity index (χ1) is 22.3. The average Bonchev–Trinajstić information content (AvgIpc) is 3.57. The van der Waals surface area contributed by atoms with Crippen LogP contribution < -0.4 is 0 Å². The van der Waals surface area contributed by atoms with Crippen LogP contribution in [-0.2, 0) is 28.7 Å². The Balaban J connectivity index is 1.86. The molecule has 2 unspecified atom stereocenters. The normalized spacial score (nSPS) is 12.7. The van der Waals surface area contributed by atoms with E-state index in [1.807, 2.05) is 0 Å². The van der Waals surface area contributed by atoms with Crippen molar-refractivity contribution in [3.8, 4) is 22.3 Å². The van der Waals surface area contributed by atoms with Crippen LogP contribution in [0.3, 0.4) is 0 Å². The summed E-state index contributed by atoms with van der Waals surface area (Å²) < 4.78 is 12.4. The molecule has 2 aliphatic carbocycles. The van der Waals surface area contributed by atoms with Crippen molar-refractivity contribution in [1.82, 2.24) is 9.13 Å². The smallest absolute Gasteiger partial charge is 0.339 e. The number of aromatic nitrogens is 2. The van der Waals surface area contributed by atoms with Gasteiger partial charge in [-0.1, -0.05) is 30.4 Å². The lowest BCUT2D eigenvalue weighted by Gasteiger charge is -2.20. The summed E-state index contributed by atoms with van der Waals surface area (Å²) >= 11 is 0. The number of fused-ring (bicyclic) bond motifs is 2. The van der Waals surface area contributed by atoms with E-state index in [1.165, 1.54) is 48.1 Å². The van der Waals surface area contributed by atoms with Crippen molar-refractivity contribution in [3.05, 3.63) is 70.8 Å². The number of aryl methyl sites for hydroxylation is 1. The second-order valence-electron chi connectivity index (χ2n) is 10.8. The predicted molar refractivity (Wildman–Crippen MR) is 166 cm³/mol. The van der Waals surface area contributed by atoms with Crippen molar-refractivity contribution in [3.63, 3.8) is 0 Å². The van der Waals surface area contributed by atoms with Crippen LogP contribution in [0.4, 0.5) is 0 Å². The number of ether oxygens (including phenoxy) is 2. The molecule has 0 bridgehead atoms. The Bertz CT molecular complexity index is 1850. The maximum absolute atomic E-state index is 12.8. The van der Waals surface area contributed by atoms with Gasteiger partial charge in [-0.15, -0.1) is 0 Å². The summed E-state index contributed by atoms with van der Waals surface area (Å²) in [5.41, 5.74) is 3.94. The number of carboxylic acids is 4. The Hall–Kier alpha value is -5.92. The number of rotatable bonds is 14. The molecule has 14 heteroatoms. The van der Waals surface area contributed by atoms with Gasteiger partial charge >= 0.3 is 35.8 Å². The Kier molecular flexibility index (Phi) is 10.1. The zero-order chi connectivity index (χ0) is 34.6. The molecule has 2 aliphatic heterocycles. The van der Waals surface area contributed by atoms with Crippen molar-refractivity contribution in [2.24, 2.45) is 0 Å². The van der Waals surface area contributed by atoms with E-state index in [0.29, 0.717) is 38.9 Å². The molecule has 0 aromatic carbocycles. The molecule has 4 N–H and O–H groups in total. The number of methoxy groups -OCH3 is 2. The molecule has 246 valence electrons. The van der Waals surface area contributed by atoms with Gasteiger partial charge in [0.2, 0.25) is 0 Å². The molecular weight excluding hydrogens is 616 g/mol. The fourth-order valence-electron chi connectivity index (χ4n) is 5.61. The van der Waals surface area contributed by atoms with Crippen LogP contribution in [0.25, 0.3) is 34.4 Å². The molecule has 0 fully saturated rings. The molecule has 0 saturated carbocycles. The third kappa shape index (κ3) is 7.16. The molecule has 0 radical (unpaired) electrons. The third-order valence-electron chi connectivity index (χ3n) is 7.86. The molecule has 0 aromatic heterocycles. The molecule has 2 atom stereocenters. The average molecular weight is 649 g/mol. The lowest BCUT2D eigenvalue weighted by Crippen LogP contribution is -2.22. The standard InChI is InChI=1S/C33H32N2O12/c1-17-12-19(22-14-35(16-24(29(17)22)33(45)47-3)26(31(42)43)9-11-28(38)39)5-4-18-6-7-20-21(18)13-34(15-23(20)32(44)46-2)25(30(40)41)8-10-27(36)37/h4-7,12-16,25-26H,8-11H2,1-3H3,(H,36,37)(H,38,39)(H,40,41)(H,42,43)/b5-4-. The zero-order valence-corrected chi connectivity index (χ0v) is 25.6. The van der Waals surface area contributed by atoms with Gasteiger partial charge in [-0.3, -0.25) is 9.59 Å². The number of carboxylic acid groups (broad SMARTS) is 4. The lowest BCUT2D eigenvalue weighted by atomic mass is 9.99. The molecule has 0 amide bonds.